The summed E-state index contributed by atoms with van der Waals surface area (Å²) in [6.07, 6.45) is 0. The van der Waals surface area contributed by atoms with E-state index in [4.69, 9.17) is 32.6 Å². The molecule has 204 valence electrons. The summed E-state index contributed by atoms with van der Waals surface area (Å²) in [6.45, 7) is 3.30. The Morgan fingerprint density at radius 1 is 0.737 bits per heavy atom. The fourth-order valence-corrected chi connectivity index (χ4v) is 6.48. The van der Waals surface area contributed by atoms with E-state index in [2.05, 4.69) is 4.52 Å². The van der Waals surface area contributed by atoms with Crippen LogP contribution in [0, 0.1) is 0 Å². The standard InChI is InChI=1S/C26H33N2O7P3/c1-5-32-28(37-34-19-22-13-7-10-16-25(22)30-3)38(35-20-23-14-8-11-17-26(23)31-4)27-36-33-18-21-12-6-9-15-24(21)29-2/h6-17,37H,5,18-20H2,1-4H3. The first-order valence-corrected chi connectivity index (χ1v) is 14.6. The van der Waals surface area contributed by atoms with Gasteiger partial charge in [0, 0.05) is 16.7 Å². The predicted octanol–water partition coefficient (Wildman–Crippen LogP) is 7.70. The smallest absolute Gasteiger partial charge is 0.275 e. The Kier molecular flexibility index (Phi) is 13.9. The molecule has 0 N–H and O–H groups in total. The number of para-hydroxylation sites is 3. The highest BCUT2D eigenvalue weighted by Gasteiger charge is 2.23. The molecule has 12 heteroatoms. The second-order valence-corrected chi connectivity index (χ2v) is 11.0. The van der Waals surface area contributed by atoms with Gasteiger partial charge in [-0.3, -0.25) is 4.84 Å². The van der Waals surface area contributed by atoms with Crippen LogP contribution in [0.3, 0.4) is 0 Å². The van der Waals surface area contributed by atoms with E-state index in [1.165, 1.54) is 0 Å². The first kappa shape index (κ1) is 30.4. The molecular weight excluding hydrogens is 545 g/mol. The van der Waals surface area contributed by atoms with Crippen molar-refractivity contribution in [2.45, 2.75) is 26.7 Å². The van der Waals surface area contributed by atoms with Crippen LogP contribution in [0.15, 0.2) is 77.3 Å². The van der Waals surface area contributed by atoms with Crippen LogP contribution in [0.5, 0.6) is 17.2 Å². The lowest BCUT2D eigenvalue weighted by molar-refractivity contribution is -0.0166. The minimum absolute atomic E-state index is 0.164. The Bertz CT molecular complexity index is 1140. The lowest BCUT2D eigenvalue weighted by Crippen LogP contribution is -2.10. The minimum Gasteiger partial charge on any atom is -0.496 e. The van der Waals surface area contributed by atoms with Crippen LogP contribution in [-0.2, 0) is 38.2 Å². The van der Waals surface area contributed by atoms with Crippen molar-refractivity contribution in [3.8, 4) is 17.2 Å². The van der Waals surface area contributed by atoms with Crippen molar-refractivity contribution in [3.63, 3.8) is 0 Å². The topological polar surface area (TPSA) is 80.2 Å². The van der Waals surface area contributed by atoms with Crippen molar-refractivity contribution in [1.82, 2.24) is 4.60 Å². The van der Waals surface area contributed by atoms with Gasteiger partial charge in [-0.05, 0) is 25.1 Å². The molecule has 38 heavy (non-hydrogen) atoms. The molecule has 0 aliphatic rings. The molecule has 0 aliphatic carbocycles. The van der Waals surface area contributed by atoms with Crippen LogP contribution in [0.25, 0.3) is 0 Å². The molecule has 0 heterocycles. The van der Waals surface area contributed by atoms with Gasteiger partial charge in [0.05, 0.1) is 47.8 Å². The highest BCUT2D eigenvalue weighted by Crippen LogP contribution is 2.53. The zero-order valence-electron chi connectivity index (χ0n) is 21.9. The second kappa shape index (κ2) is 17.4. The van der Waals surface area contributed by atoms with Crippen molar-refractivity contribution in [3.05, 3.63) is 89.5 Å². The molecule has 0 radical (unpaired) electrons. The Morgan fingerprint density at radius 3 is 1.76 bits per heavy atom. The Hall–Kier alpha value is -2.18. The van der Waals surface area contributed by atoms with Gasteiger partial charge in [-0.1, -0.05) is 59.2 Å². The number of benzene rings is 3. The maximum atomic E-state index is 6.24. The maximum absolute atomic E-state index is 6.24. The van der Waals surface area contributed by atoms with Gasteiger partial charge < -0.3 is 27.8 Å². The minimum atomic E-state index is -1.59. The van der Waals surface area contributed by atoms with Gasteiger partial charge in [-0.15, -0.1) is 0 Å². The van der Waals surface area contributed by atoms with Crippen molar-refractivity contribution in [1.29, 1.82) is 0 Å². The van der Waals surface area contributed by atoms with E-state index in [1.807, 2.05) is 79.7 Å². The Labute approximate surface area is 229 Å². The molecule has 0 saturated carbocycles. The predicted molar refractivity (Wildman–Crippen MR) is 151 cm³/mol. The average molecular weight is 578 g/mol. The largest absolute Gasteiger partial charge is 0.496 e. The average Bonchev–Trinajstić information content (AvgIpc) is 2.97. The van der Waals surface area contributed by atoms with E-state index >= 15 is 0 Å². The normalized spacial score (nSPS) is 12.4. The molecule has 0 spiro atoms. The van der Waals surface area contributed by atoms with Crippen LogP contribution >= 0.6 is 26.0 Å². The van der Waals surface area contributed by atoms with Crippen LogP contribution in [0.4, 0.5) is 0 Å². The molecule has 0 aromatic heterocycles. The third-order valence-corrected chi connectivity index (χ3v) is 8.33. The summed E-state index contributed by atoms with van der Waals surface area (Å²) in [4.78, 5) is 5.88. The Morgan fingerprint density at radius 2 is 1.24 bits per heavy atom. The Balaban J connectivity index is 1.70. The summed E-state index contributed by atoms with van der Waals surface area (Å²) >= 11 is 0. The summed E-state index contributed by atoms with van der Waals surface area (Å²) in [5.74, 6) is 2.27. The van der Waals surface area contributed by atoms with Crippen LogP contribution < -0.4 is 14.2 Å². The highest BCUT2D eigenvalue weighted by atomic mass is 31.2. The summed E-state index contributed by atoms with van der Waals surface area (Å²) in [5.41, 5.74) is 2.77. The van der Waals surface area contributed by atoms with Gasteiger partial charge in [0.25, 0.3) is 8.45 Å². The van der Waals surface area contributed by atoms with Gasteiger partial charge in [0.2, 0.25) is 0 Å². The number of methoxy groups -OCH3 is 3. The van der Waals surface area contributed by atoms with Crippen molar-refractivity contribution in [2.75, 3.05) is 27.9 Å². The zero-order valence-corrected chi connectivity index (χ0v) is 24.7. The summed E-state index contributed by atoms with van der Waals surface area (Å²) in [7, 11) is 3.55. The van der Waals surface area contributed by atoms with Gasteiger partial charge >= 0.3 is 0 Å². The number of ether oxygens (including phenoxy) is 3. The lowest BCUT2D eigenvalue weighted by atomic mass is 10.2. The molecule has 0 fully saturated rings. The molecule has 9 nitrogen and oxygen atoms in total. The number of hydrogen-bond acceptors (Lipinski definition) is 9. The molecule has 2 atom stereocenters. The summed E-state index contributed by atoms with van der Waals surface area (Å²) < 4.78 is 40.7. The fourth-order valence-electron chi connectivity index (χ4n) is 3.26. The number of nitrogens with zero attached hydrogens (tertiary/aromatic N) is 2. The number of hydrogen-bond donors (Lipinski definition) is 0. The quantitative estimate of drug-likeness (QED) is 0.119. The van der Waals surface area contributed by atoms with Crippen LogP contribution in [0.1, 0.15) is 23.6 Å². The first-order valence-electron chi connectivity index (χ1n) is 11.8. The van der Waals surface area contributed by atoms with Gasteiger partial charge in [0.15, 0.2) is 8.60 Å². The molecule has 2 unspecified atom stereocenters. The monoisotopic (exact) mass is 578 g/mol. The third-order valence-electron chi connectivity index (χ3n) is 5.08. The van der Waals surface area contributed by atoms with Gasteiger partial charge in [-0.2, -0.15) is 4.52 Å². The highest BCUT2D eigenvalue weighted by molar-refractivity contribution is 7.59. The van der Waals surface area contributed by atoms with Crippen LogP contribution in [-0.4, -0.2) is 32.5 Å². The number of rotatable bonds is 17. The molecule has 3 aromatic carbocycles. The SMILES string of the molecule is CCON(POCc1ccccc1OC)P(N=POCc1ccccc1OC)OCc1ccccc1OC. The summed E-state index contributed by atoms with van der Waals surface area (Å²) in [5, 5.41) is 0. The fraction of sp³-hybridized carbons (Fsp3) is 0.308. The van der Waals surface area contributed by atoms with Gasteiger partial charge in [-0.25, -0.2) is 0 Å². The van der Waals surface area contributed by atoms with E-state index in [0.717, 1.165) is 33.9 Å². The van der Waals surface area contributed by atoms with E-state index in [9.17, 15) is 0 Å². The maximum Gasteiger partial charge on any atom is 0.275 e. The molecule has 3 rings (SSSR count). The zero-order chi connectivity index (χ0) is 27.0. The molecule has 0 aliphatic heterocycles. The van der Waals surface area contributed by atoms with E-state index in [0.29, 0.717) is 28.4 Å². The van der Waals surface area contributed by atoms with Crippen molar-refractivity contribution < 1.29 is 32.6 Å². The van der Waals surface area contributed by atoms with E-state index in [-0.39, 0.29) is 15.6 Å². The molecule has 0 bridgehead atoms. The van der Waals surface area contributed by atoms with E-state index in [1.54, 1.807) is 25.9 Å². The molecule has 0 saturated heterocycles. The second-order valence-electron chi connectivity index (χ2n) is 7.48. The summed E-state index contributed by atoms with van der Waals surface area (Å²) in [6, 6.07) is 23.1. The van der Waals surface area contributed by atoms with E-state index < -0.39 is 8.45 Å². The van der Waals surface area contributed by atoms with Crippen molar-refractivity contribution >= 4 is 26.0 Å². The third kappa shape index (κ3) is 9.53. The van der Waals surface area contributed by atoms with Crippen LogP contribution in [0.2, 0.25) is 0 Å². The van der Waals surface area contributed by atoms with Gasteiger partial charge in [0.1, 0.15) is 26.2 Å². The molecular formula is C26H33N2O7P3. The lowest BCUT2D eigenvalue weighted by Gasteiger charge is -2.25. The molecule has 0 amide bonds. The van der Waals surface area contributed by atoms with Crippen molar-refractivity contribution in [2.24, 2.45) is 4.52 Å². The molecule has 3 aromatic rings. The first-order chi connectivity index (χ1) is 18.7.